The van der Waals surface area contributed by atoms with Crippen molar-refractivity contribution in [2.45, 2.75) is 38.4 Å². The molecule has 2 N–H and O–H groups in total. The van der Waals surface area contributed by atoms with Crippen LogP contribution in [0.25, 0.3) is 11.1 Å². The number of aryl methyl sites for hydroxylation is 1. The Bertz CT molecular complexity index is 1200. The molecule has 2 aromatic carbocycles. The van der Waals surface area contributed by atoms with E-state index in [0.29, 0.717) is 38.3 Å². The molecule has 0 bridgehead atoms. The van der Waals surface area contributed by atoms with Crippen molar-refractivity contribution in [1.29, 1.82) is 0 Å². The van der Waals surface area contributed by atoms with Gasteiger partial charge in [-0.1, -0.05) is 42.7 Å². The number of hydrogen-bond acceptors (Lipinski definition) is 5. The topological polar surface area (TPSA) is 65.8 Å². The molecule has 0 spiro atoms. The van der Waals surface area contributed by atoms with Crippen LogP contribution in [-0.4, -0.2) is 58.0 Å². The van der Waals surface area contributed by atoms with Gasteiger partial charge in [0.05, 0.1) is 11.7 Å². The van der Waals surface area contributed by atoms with E-state index < -0.39 is 17.5 Å². The van der Waals surface area contributed by atoms with Gasteiger partial charge in [-0.3, -0.25) is 4.90 Å². The average molecular weight is 475 g/mol. The van der Waals surface area contributed by atoms with Crippen LogP contribution in [0.5, 0.6) is 5.75 Å². The Hall–Kier alpha value is -3.24. The van der Waals surface area contributed by atoms with Crippen LogP contribution in [0.4, 0.5) is 4.39 Å². The fraction of sp³-hybridized carbons (Fsp3) is 0.345. The van der Waals surface area contributed by atoms with Crippen LogP contribution in [0.1, 0.15) is 36.6 Å². The lowest BCUT2D eigenvalue weighted by atomic mass is 9.86. The first-order valence-electron chi connectivity index (χ1n) is 12.0. The highest BCUT2D eigenvalue weighted by Crippen LogP contribution is 2.26. The van der Waals surface area contributed by atoms with E-state index in [-0.39, 0.29) is 5.69 Å². The third-order valence-electron chi connectivity index (χ3n) is 6.61. The Morgan fingerprint density at radius 2 is 1.86 bits per heavy atom. The Labute approximate surface area is 206 Å². The van der Waals surface area contributed by atoms with Crippen LogP contribution in [0, 0.1) is 24.6 Å². The summed E-state index contributed by atoms with van der Waals surface area (Å²) in [5.74, 6) is 6.03. The van der Waals surface area contributed by atoms with Crippen LogP contribution in [-0.2, 0) is 0 Å². The third kappa shape index (κ3) is 6.26. The minimum atomic E-state index is -0.976. The molecule has 2 heterocycles. The Morgan fingerprint density at radius 3 is 2.51 bits per heavy atom. The first-order valence-corrected chi connectivity index (χ1v) is 12.0. The molecule has 1 aromatic heterocycles. The zero-order chi connectivity index (χ0) is 24.8. The summed E-state index contributed by atoms with van der Waals surface area (Å²) in [7, 11) is 0. The summed E-state index contributed by atoms with van der Waals surface area (Å²) in [6.45, 7) is 6.22. The van der Waals surface area contributed by atoms with Crippen molar-refractivity contribution in [3.8, 4) is 28.7 Å². The molecule has 1 saturated heterocycles. The van der Waals surface area contributed by atoms with Gasteiger partial charge < -0.3 is 14.9 Å². The Balaban J connectivity index is 1.30. The number of ether oxygens (including phenoxy) is 1. The minimum absolute atomic E-state index is 0.111. The molecule has 6 heteroatoms. The van der Waals surface area contributed by atoms with Gasteiger partial charge in [-0.25, -0.2) is 9.37 Å². The highest BCUT2D eigenvalue weighted by atomic mass is 19.1. The van der Waals surface area contributed by atoms with Crippen molar-refractivity contribution in [3.05, 3.63) is 83.4 Å². The SMILES string of the molecule is CC[C@]1(O)CCN(CCOc2ccc(C#Cc3ncc(-c4ccc(C)cc4)cc3F)cc2)C[C@H]1O. The number of benzene rings is 2. The molecule has 0 unspecified atom stereocenters. The first-order chi connectivity index (χ1) is 16.9. The van der Waals surface area contributed by atoms with Crippen molar-refractivity contribution < 1.29 is 19.3 Å². The van der Waals surface area contributed by atoms with Crippen LogP contribution in [0.3, 0.4) is 0 Å². The summed E-state index contributed by atoms with van der Waals surface area (Å²) in [6, 6.07) is 16.6. The molecule has 1 aliphatic rings. The van der Waals surface area contributed by atoms with Gasteiger partial charge in [-0.15, -0.1) is 0 Å². The lowest BCUT2D eigenvalue weighted by Crippen LogP contribution is -2.55. The number of likely N-dealkylation sites (tertiary alicyclic amines) is 1. The minimum Gasteiger partial charge on any atom is -0.492 e. The van der Waals surface area contributed by atoms with Crippen LogP contribution >= 0.6 is 0 Å². The van der Waals surface area contributed by atoms with E-state index in [2.05, 4.69) is 21.7 Å². The predicted octanol–water partition coefficient (Wildman–Crippen LogP) is 4.18. The zero-order valence-corrected chi connectivity index (χ0v) is 20.2. The smallest absolute Gasteiger partial charge is 0.158 e. The van der Waals surface area contributed by atoms with Gasteiger partial charge in [-0.05, 0) is 61.6 Å². The number of aliphatic hydroxyl groups excluding tert-OH is 1. The number of aromatic nitrogens is 1. The summed E-state index contributed by atoms with van der Waals surface area (Å²) >= 11 is 0. The number of nitrogens with zero attached hydrogens (tertiary/aromatic N) is 2. The van der Waals surface area contributed by atoms with E-state index in [1.165, 1.54) is 6.07 Å². The lowest BCUT2D eigenvalue weighted by molar-refractivity contribution is -0.121. The molecular formula is C29H31FN2O3. The van der Waals surface area contributed by atoms with Crippen molar-refractivity contribution in [2.24, 2.45) is 0 Å². The van der Waals surface area contributed by atoms with Crippen molar-refractivity contribution in [1.82, 2.24) is 9.88 Å². The second-order valence-corrected chi connectivity index (χ2v) is 9.07. The molecule has 4 rings (SSSR count). The Kier molecular flexibility index (Phi) is 7.82. The normalized spacial score (nSPS) is 20.2. The van der Waals surface area contributed by atoms with Gasteiger partial charge in [-0.2, -0.15) is 0 Å². The van der Waals surface area contributed by atoms with Crippen molar-refractivity contribution >= 4 is 0 Å². The molecule has 0 radical (unpaired) electrons. The highest BCUT2D eigenvalue weighted by molar-refractivity contribution is 5.63. The maximum absolute atomic E-state index is 14.5. The molecule has 1 fully saturated rings. The van der Waals surface area contributed by atoms with Crippen LogP contribution in [0.15, 0.2) is 60.8 Å². The standard InChI is InChI=1S/C29H31FN2O3/c1-3-29(34)14-15-32(20-28(29)33)16-17-35-25-11-6-22(7-12-25)8-13-27-26(30)18-24(19-31-27)23-9-4-21(2)5-10-23/h4-7,9-12,18-19,28,33-34H,3,14-17,20H2,1-2H3/t28-,29+/m1/s1. The fourth-order valence-corrected chi connectivity index (χ4v) is 4.13. The van der Waals surface area contributed by atoms with Gasteiger partial charge in [0, 0.05) is 37.0 Å². The van der Waals surface area contributed by atoms with E-state index in [0.717, 1.165) is 28.8 Å². The van der Waals surface area contributed by atoms with Gasteiger partial charge in [0.2, 0.25) is 0 Å². The van der Waals surface area contributed by atoms with E-state index in [1.807, 2.05) is 62.4 Å². The molecule has 0 aliphatic carbocycles. The predicted molar refractivity (Wildman–Crippen MR) is 135 cm³/mol. The number of halogens is 1. The maximum atomic E-state index is 14.5. The van der Waals surface area contributed by atoms with Gasteiger partial charge in [0.25, 0.3) is 0 Å². The van der Waals surface area contributed by atoms with Gasteiger partial charge in [0.1, 0.15) is 18.1 Å². The van der Waals surface area contributed by atoms with Crippen LogP contribution < -0.4 is 4.74 Å². The summed E-state index contributed by atoms with van der Waals surface area (Å²) in [5, 5.41) is 20.5. The number of aliphatic hydroxyl groups is 2. The van der Waals surface area contributed by atoms with E-state index in [4.69, 9.17) is 4.74 Å². The second kappa shape index (κ2) is 11.0. The first kappa shape index (κ1) is 24.9. The van der Waals surface area contributed by atoms with Gasteiger partial charge >= 0.3 is 0 Å². The lowest BCUT2D eigenvalue weighted by Gasteiger charge is -2.41. The molecule has 182 valence electrons. The summed E-state index contributed by atoms with van der Waals surface area (Å²) in [6.07, 6.45) is 2.01. The molecule has 0 amide bonds. The van der Waals surface area contributed by atoms with Crippen molar-refractivity contribution in [2.75, 3.05) is 26.2 Å². The third-order valence-corrected chi connectivity index (χ3v) is 6.61. The molecule has 0 saturated carbocycles. The number of rotatable bonds is 6. The van der Waals surface area contributed by atoms with E-state index in [9.17, 15) is 14.6 Å². The highest BCUT2D eigenvalue weighted by Gasteiger charge is 2.38. The van der Waals surface area contributed by atoms with Crippen molar-refractivity contribution in [3.63, 3.8) is 0 Å². The Morgan fingerprint density at radius 1 is 1.11 bits per heavy atom. The molecule has 1 aliphatic heterocycles. The summed E-state index contributed by atoms with van der Waals surface area (Å²) in [4.78, 5) is 6.30. The monoisotopic (exact) mass is 474 g/mol. The largest absolute Gasteiger partial charge is 0.492 e. The molecule has 3 aromatic rings. The average Bonchev–Trinajstić information content (AvgIpc) is 2.87. The maximum Gasteiger partial charge on any atom is 0.158 e. The van der Waals surface area contributed by atoms with Gasteiger partial charge in [0.15, 0.2) is 5.82 Å². The fourth-order valence-electron chi connectivity index (χ4n) is 4.13. The number of hydrogen-bond donors (Lipinski definition) is 2. The molecule has 35 heavy (non-hydrogen) atoms. The molecule has 2 atom stereocenters. The number of β-amino-alcohol motifs (C(OH)–C–C–N with tert-alkyl or cyclic N) is 1. The van der Waals surface area contributed by atoms with Crippen LogP contribution in [0.2, 0.25) is 0 Å². The van der Waals surface area contributed by atoms with E-state index in [1.54, 1.807) is 6.20 Å². The summed E-state index contributed by atoms with van der Waals surface area (Å²) in [5.41, 5.74) is 2.65. The summed E-state index contributed by atoms with van der Waals surface area (Å²) < 4.78 is 20.4. The quantitative estimate of drug-likeness (QED) is 0.525. The number of pyridine rings is 1. The van der Waals surface area contributed by atoms with E-state index >= 15 is 0 Å². The molecular weight excluding hydrogens is 443 g/mol. The zero-order valence-electron chi connectivity index (χ0n) is 20.2. The molecule has 5 nitrogen and oxygen atoms in total. The number of piperidine rings is 1. The second-order valence-electron chi connectivity index (χ2n) is 9.07.